The van der Waals surface area contributed by atoms with Crippen LogP contribution >= 0.6 is 0 Å². The Hall–Kier alpha value is -3.58. The van der Waals surface area contributed by atoms with Gasteiger partial charge in [-0.15, -0.1) is 0 Å². The van der Waals surface area contributed by atoms with Crippen LogP contribution in [0.2, 0.25) is 0 Å². The fraction of sp³-hybridized carbons (Fsp3) is 0.0714. The summed E-state index contributed by atoms with van der Waals surface area (Å²) in [4.78, 5) is 0. The number of hydrogen-bond acceptors (Lipinski definition) is 0. The quantitative estimate of drug-likeness (QED) is 0.303. The van der Waals surface area contributed by atoms with Gasteiger partial charge in [0.05, 0.1) is 16.7 Å². The maximum Gasteiger partial charge on any atom is 0.0546 e. The lowest BCUT2D eigenvalue weighted by molar-refractivity contribution is 1.18. The van der Waals surface area contributed by atoms with Crippen LogP contribution in [0.5, 0.6) is 0 Å². The highest BCUT2D eigenvalue weighted by atomic mass is 15.0. The molecule has 1 heteroatoms. The first-order valence-corrected chi connectivity index (χ1v) is 10.0. The van der Waals surface area contributed by atoms with Gasteiger partial charge in [-0.1, -0.05) is 78.9 Å². The van der Waals surface area contributed by atoms with Crippen molar-refractivity contribution in [2.75, 3.05) is 0 Å². The second-order valence-electron chi connectivity index (χ2n) is 7.52. The third-order valence-corrected chi connectivity index (χ3v) is 5.72. The zero-order valence-electron chi connectivity index (χ0n) is 16.8. The predicted octanol–water partition coefficient (Wildman–Crippen LogP) is 7.92. The van der Waals surface area contributed by atoms with E-state index < -0.39 is 0 Å². The number of para-hydroxylation sites is 1. The number of benzene rings is 4. The maximum atomic E-state index is 4.14. The van der Waals surface area contributed by atoms with Gasteiger partial charge in [0.2, 0.25) is 0 Å². The van der Waals surface area contributed by atoms with E-state index in [1.54, 1.807) is 0 Å². The van der Waals surface area contributed by atoms with Gasteiger partial charge in [0.1, 0.15) is 0 Å². The standard InChI is InChI=1S/C28H23N/c1-4-10-23-21(5-2)22-12-7-6-11-20(22)18-28(23)29-26-14-9-8-13-24(26)25-17-19(3)15-16-27(25)29/h4-18H,2H2,1,3H3/b10-4-. The first-order chi connectivity index (χ1) is 14.2. The van der Waals surface area contributed by atoms with E-state index in [1.165, 1.54) is 55.0 Å². The molecular weight excluding hydrogens is 350 g/mol. The Kier molecular flexibility index (Phi) is 4.10. The second kappa shape index (κ2) is 6.79. The van der Waals surface area contributed by atoms with E-state index in [0.29, 0.717) is 0 Å². The molecule has 0 radical (unpaired) electrons. The molecule has 4 aromatic carbocycles. The molecule has 0 fully saturated rings. The molecule has 5 aromatic rings. The fourth-order valence-corrected chi connectivity index (χ4v) is 4.47. The SMILES string of the molecule is C=Cc1c(/C=C\C)c(-n2c3ccccc3c3cc(C)ccc32)cc2ccccc12. The molecule has 0 spiro atoms. The van der Waals surface area contributed by atoms with Crippen LogP contribution in [0.15, 0.2) is 85.5 Å². The molecule has 0 saturated heterocycles. The normalized spacial score (nSPS) is 11.8. The van der Waals surface area contributed by atoms with Crippen LogP contribution < -0.4 is 0 Å². The summed E-state index contributed by atoms with van der Waals surface area (Å²) < 4.78 is 2.40. The molecule has 0 atom stereocenters. The molecule has 0 aliphatic rings. The summed E-state index contributed by atoms with van der Waals surface area (Å²) >= 11 is 0. The number of fused-ring (bicyclic) bond motifs is 4. The Morgan fingerprint density at radius 2 is 1.48 bits per heavy atom. The van der Waals surface area contributed by atoms with Gasteiger partial charge in [0.25, 0.3) is 0 Å². The third-order valence-electron chi connectivity index (χ3n) is 5.72. The van der Waals surface area contributed by atoms with Crippen LogP contribution in [-0.4, -0.2) is 4.57 Å². The van der Waals surface area contributed by atoms with Crippen molar-refractivity contribution in [3.8, 4) is 5.69 Å². The topological polar surface area (TPSA) is 4.93 Å². The first kappa shape index (κ1) is 17.5. The number of hydrogen-bond donors (Lipinski definition) is 0. The number of aromatic nitrogens is 1. The van der Waals surface area contributed by atoms with Crippen LogP contribution in [0, 0.1) is 6.92 Å². The van der Waals surface area contributed by atoms with Crippen LogP contribution in [0.3, 0.4) is 0 Å². The minimum absolute atomic E-state index is 1.18. The average Bonchev–Trinajstić information content (AvgIpc) is 3.07. The van der Waals surface area contributed by atoms with Crippen molar-refractivity contribution in [3.05, 3.63) is 102 Å². The Morgan fingerprint density at radius 1 is 0.759 bits per heavy atom. The third kappa shape index (κ3) is 2.62. The second-order valence-corrected chi connectivity index (χ2v) is 7.52. The van der Waals surface area contributed by atoms with Crippen LogP contribution in [0.25, 0.3) is 50.4 Å². The molecule has 1 nitrogen and oxygen atoms in total. The van der Waals surface area contributed by atoms with Crippen molar-refractivity contribution in [2.24, 2.45) is 0 Å². The Bertz CT molecular complexity index is 1430. The fourth-order valence-electron chi connectivity index (χ4n) is 4.47. The summed E-state index contributed by atoms with van der Waals surface area (Å²) in [5.41, 5.74) is 7.29. The first-order valence-electron chi connectivity index (χ1n) is 10.0. The van der Waals surface area contributed by atoms with E-state index >= 15 is 0 Å². The van der Waals surface area contributed by atoms with Crippen molar-refractivity contribution < 1.29 is 0 Å². The largest absolute Gasteiger partial charge is 0.309 e. The van der Waals surface area contributed by atoms with E-state index in [9.17, 15) is 0 Å². The monoisotopic (exact) mass is 373 g/mol. The van der Waals surface area contributed by atoms with Gasteiger partial charge in [0, 0.05) is 16.3 Å². The molecule has 29 heavy (non-hydrogen) atoms. The van der Waals surface area contributed by atoms with Crippen LogP contribution in [0.4, 0.5) is 0 Å². The Balaban J connectivity index is 2.02. The van der Waals surface area contributed by atoms with E-state index in [2.05, 4.69) is 110 Å². The van der Waals surface area contributed by atoms with Gasteiger partial charge >= 0.3 is 0 Å². The van der Waals surface area contributed by atoms with E-state index in [1.807, 2.05) is 6.08 Å². The van der Waals surface area contributed by atoms with E-state index in [0.717, 1.165) is 0 Å². The molecule has 0 aliphatic heterocycles. The molecular formula is C28H23N. The molecule has 0 saturated carbocycles. The molecule has 0 N–H and O–H groups in total. The molecule has 5 rings (SSSR count). The number of allylic oxidation sites excluding steroid dienone is 1. The predicted molar refractivity (Wildman–Crippen MR) is 128 cm³/mol. The molecule has 0 bridgehead atoms. The molecule has 1 heterocycles. The van der Waals surface area contributed by atoms with E-state index in [4.69, 9.17) is 0 Å². The zero-order chi connectivity index (χ0) is 20.0. The van der Waals surface area contributed by atoms with Gasteiger partial charge in [-0.25, -0.2) is 0 Å². The summed E-state index contributed by atoms with van der Waals surface area (Å²) in [7, 11) is 0. The summed E-state index contributed by atoms with van der Waals surface area (Å²) in [5, 5.41) is 5.03. The molecule has 0 aliphatic carbocycles. The number of nitrogens with zero attached hydrogens (tertiary/aromatic N) is 1. The van der Waals surface area contributed by atoms with Crippen LogP contribution in [-0.2, 0) is 0 Å². The minimum Gasteiger partial charge on any atom is -0.309 e. The van der Waals surface area contributed by atoms with Crippen LogP contribution in [0.1, 0.15) is 23.6 Å². The van der Waals surface area contributed by atoms with Crippen molar-refractivity contribution in [2.45, 2.75) is 13.8 Å². The van der Waals surface area contributed by atoms with E-state index in [-0.39, 0.29) is 0 Å². The van der Waals surface area contributed by atoms with Crippen molar-refractivity contribution in [1.82, 2.24) is 4.57 Å². The average molecular weight is 373 g/mol. The number of aryl methyl sites for hydroxylation is 1. The summed E-state index contributed by atoms with van der Waals surface area (Å²) in [5.74, 6) is 0. The highest BCUT2D eigenvalue weighted by Crippen LogP contribution is 2.37. The molecule has 0 amide bonds. The van der Waals surface area contributed by atoms with Crippen molar-refractivity contribution >= 4 is 44.7 Å². The maximum absolute atomic E-state index is 4.14. The summed E-state index contributed by atoms with van der Waals surface area (Å²) in [6.45, 7) is 8.37. The lowest BCUT2D eigenvalue weighted by Gasteiger charge is -2.17. The zero-order valence-corrected chi connectivity index (χ0v) is 16.8. The summed E-state index contributed by atoms with van der Waals surface area (Å²) in [6, 6.07) is 26.3. The smallest absolute Gasteiger partial charge is 0.0546 e. The lowest BCUT2D eigenvalue weighted by atomic mass is 9.96. The van der Waals surface area contributed by atoms with Gasteiger partial charge in [0.15, 0.2) is 0 Å². The van der Waals surface area contributed by atoms with Gasteiger partial charge in [-0.2, -0.15) is 0 Å². The van der Waals surface area contributed by atoms with Gasteiger partial charge < -0.3 is 4.57 Å². The Labute approximate surface area is 171 Å². The Morgan fingerprint density at radius 3 is 2.28 bits per heavy atom. The molecule has 140 valence electrons. The lowest BCUT2D eigenvalue weighted by Crippen LogP contribution is -2.00. The highest BCUT2D eigenvalue weighted by Gasteiger charge is 2.17. The highest BCUT2D eigenvalue weighted by molar-refractivity contribution is 6.10. The van der Waals surface area contributed by atoms with Crippen molar-refractivity contribution in [1.29, 1.82) is 0 Å². The molecule has 0 unspecified atom stereocenters. The minimum atomic E-state index is 1.18. The van der Waals surface area contributed by atoms with Crippen molar-refractivity contribution in [3.63, 3.8) is 0 Å². The van der Waals surface area contributed by atoms with Gasteiger partial charge in [-0.3, -0.25) is 0 Å². The number of rotatable bonds is 3. The summed E-state index contributed by atoms with van der Waals surface area (Å²) in [6.07, 6.45) is 6.30. The van der Waals surface area contributed by atoms with Gasteiger partial charge in [-0.05, 0) is 54.4 Å². The molecule has 1 aromatic heterocycles.